The van der Waals surface area contributed by atoms with Crippen LogP contribution in [0.4, 0.5) is 10.5 Å². The minimum atomic E-state index is -3.78. The SMILES string of the molecule is CCCN(CCCNC(=O)OC1CCC1)C(=O)C1=Cc2ccc(-c3cncc(S(=O)(=O)N4CC(CCC(=O)OC(C)(C)C)C4)c3)cc2N=C(N)C1. The van der Waals surface area contributed by atoms with Crippen LogP contribution >= 0.6 is 0 Å². The predicted octanol–water partition coefficient (Wildman–Crippen LogP) is 5.17. The number of amidine groups is 1. The Morgan fingerprint density at radius 3 is 2.53 bits per heavy atom. The number of aliphatic imine (C=N–C) groups is 1. The molecule has 5 rings (SSSR count). The average molecular weight is 723 g/mol. The summed E-state index contributed by atoms with van der Waals surface area (Å²) in [5.74, 6) is -0.0487. The first-order valence-electron chi connectivity index (χ1n) is 17.8. The number of ether oxygens (including phenoxy) is 2. The van der Waals surface area contributed by atoms with E-state index >= 15 is 0 Å². The van der Waals surface area contributed by atoms with Crippen molar-refractivity contribution in [2.24, 2.45) is 16.6 Å². The monoisotopic (exact) mass is 722 g/mol. The van der Waals surface area contributed by atoms with E-state index in [4.69, 9.17) is 15.2 Å². The molecule has 3 N–H and O–H groups in total. The molecule has 0 radical (unpaired) electrons. The first kappa shape index (κ1) is 37.9. The highest BCUT2D eigenvalue weighted by Crippen LogP contribution is 2.34. The van der Waals surface area contributed by atoms with Crippen LogP contribution in [0.15, 0.2) is 52.1 Å². The summed E-state index contributed by atoms with van der Waals surface area (Å²) in [6, 6.07) is 7.09. The van der Waals surface area contributed by atoms with Crippen LogP contribution < -0.4 is 11.1 Å². The zero-order valence-corrected chi connectivity index (χ0v) is 30.8. The molecule has 2 fully saturated rings. The molecule has 51 heavy (non-hydrogen) atoms. The van der Waals surface area contributed by atoms with E-state index in [2.05, 4.69) is 15.3 Å². The minimum absolute atomic E-state index is 0.0172. The van der Waals surface area contributed by atoms with Crippen molar-refractivity contribution in [3.05, 3.63) is 47.8 Å². The van der Waals surface area contributed by atoms with Gasteiger partial charge in [0, 0.05) is 74.7 Å². The van der Waals surface area contributed by atoms with Crippen molar-refractivity contribution in [1.82, 2.24) is 19.5 Å². The number of hydrogen-bond acceptors (Lipinski definition) is 10. The standard InChI is InChI=1S/C37H50N6O7S/c1-5-15-42(16-7-14-40-36(46)49-30-8-6-9-30)35(45)28-17-27-12-11-26(19-32(27)41-33(38)20-28)29-18-31(22-39-21-29)51(47,48)43-23-25(24-43)10-13-34(44)50-37(2,3)4/h11-12,17-19,21-22,25,30H,5-10,13-16,20,23-24H2,1-4H3,(H2,38,41)(H,40,46). The summed E-state index contributed by atoms with van der Waals surface area (Å²) in [5.41, 5.74) is 8.86. The number of nitrogens with zero attached hydrogens (tertiary/aromatic N) is 4. The molecule has 13 nitrogen and oxygen atoms in total. The topological polar surface area (TPSA) is 174 Å². The highest BCUT2D eigenvalue weighted by Gasteiger charge is 2.37. The molecule has 0 atom stereocenters. The molecule has 0 unspecified atom stereocenters. The van der Waals surface area contributed by atoms with Gasteiger partial charge in [0.25, 0.3) is 0 Å². The highest BCUT2D eigenvalue weighted by molar-refractivity contribution is 7.89. The van der Waals surface area contributed by atoms with Crippen molar-refractivity contribution >= 4 is 45.6 Å². The molecule has 1 saturated heterocycles. The van der Waals surface area contributed by atoms with Gasteiger partial charge in [-0.25, -0.2) is 18.2 Å². The number of nitrogens with one attached hydrogen (secondary N) is 1. The number of carbonyl (C=O) groups excluding carboxylic acids is 3. The maximum absolute atomic E-state index is 13.7. The maximum Gasteiger partial charge on any atom is 0.407 e. The third-order valence-corrected chi connectivity index (χ3v) is 10.8. The number of alkyl carbamates (subject to hydrolysis) is 1. The number of rotatable bonds is 14. The number of fused-ring (bicyclic) bond motifs is 1. The van der Waals surface area contributed by atoms with Gasteiger partial charge in [0.15, 0.2) is 0 Å². The normalized spacial score (nSPS) is 16.8. The number of sulfonamides is 1. The molecular weight excluding hydrogens is 673 g/mol. The molecule has 0 spiro atoms. The van der Waals surface area contributed by atoms with Crippen molar-refractivity contribution in [2.75, 3.05) is 32.7 Å². The molecule has 2 amide bonds. The average Bonchev–Trinajstić information content (AvgIpc) is 3.19. The third kappa shape index (κ3) is 10.2. The number of pyridine rings is 1. The van der Waals surface area contributed by atoms with E-state index in [0.29, 0.717) is 73.5 Å². The van der Waals surface area contributed by atoms with E-state index in [1.807, 2.05) is 52.0 Å². The largest absolute Gasteiger partial charge is 0.460 e. The van der Waals surface area contributed by atoms with E-state index in [1.165, 1.54) is 10.5 Å². The fourth-order valence-electron chi connectivity index (χ4n) is 6.12. The quantitative estimate of drug-likeness (QED) is 0.197. The smallest absolute Gasteiger partial charge is 0.407 e. The number of nitrogens with two attached hydrogens (primary N) is 1. The summed E-state index contributed by atoms with van der Waals surface area (Å²) in [5, 5.41) is 2.78. The van der Waals surface area contributed by atoms with Crippen molar-refractivity contribution in [1.29, 1.82) is 0 Å². The lowest BCUT2D eigenvalue weighted by Crippen LogP contribution is -2.49. The Labute approximate surface area is 300 Å². The van der Waals surface area contributed by atoms with Crippen LogP contribution in [0.2, 0.25) is 0 Å². The van der Waals surface area contributed by atoms with Gasteiger partial charge in [0.1, 0.15) is 22.4 Å². The van der Waals surface area contributed by atoms with Crippen LogP contribution in [0.25, 0.3) is 17.2 Å². The molecule has 1 aromatic heterocycles. The van der Waals surface area contributed by atoms with Crippen LogP contribution in [-0.2, 0) is 29.1 Å². The van der Waals surface area contributed by atoms with E-state index in [9.17, 15) is 22.8 Å². The number of carbonyl (C=O) groups is 3. The number of aromatic nitrogens is 1. The summed E-state index contributed by atoms with van der Waals surface area (Å²) in [6.45, 7) is 9.55. The van der Waals surface area contributed by atoms with Gasteiger partial charge in [0.2, 0.25) is 15.9 Å². The third-order valence-electron chi connectivity index (χ3n) is 9.04. The Bertz CT molecular complexity index is 1780. The Kier molecular flexibility index (Phi) is 12.2. The molecule has 1 aromatic carbocycles. The predicted molar refractivity (Wildman–Crippen MR) is 194 cm³/mol. The first-order chi connectivity index (χ1) is 24.2. The van der Waals surface area contributed by atoms with Crippen molar-refractivity contribution in [3.63, 3.8) is 0 Å². The summed E-state index contributed by atoms with van der Waals surface area (Å²) in [4.78, 5) is 48.5. The molecule has 2 aromatic rings. The van der Waals surface area contributed by atoms with Gasteiger partial charge in [-0.1, -0.05) is 19.1 Å². The zero-order valence-electron chi connectivity index (χ0n) is 30.0. The Morgan fingerprint density at radius 1 is 1.08 bits per heavy atom. The fourth-order valence-corrected chi connectivity index (χ4v) is 7.70. The summed E-state index contributed by atoms with van der Waals surface area (Å²) in [6.07, 6.45) is 9.60. The molecule has 0 bridgehead atoms. The molecule has 3 heterocycles. The van der Waals surface area contributed by atoms with Crippen LogP contribution in [0, 0.1) is 5.92 Å². The molecular formula is C37H50N6O7S. The van der Waals surface area contributed by atoms with Crippen LogP contribution in [0.5, 0.6) is 0 Å². The lowest BCUT2D eigenvalue weighted by atomic mass is 9.96. The van der Waals surface area contributed by atoms with E-state index in [1.54, 1.807) is 17.2 Å². The second-order valence-electron chi connectivity index (χ2n) is 14.5. The van der Waals surface area contributed by atoms with Crippen LogP contribution in [0.3, 0.4) is 0 Å². The second-order valence-corrected chi connectivity index (χ2v) is 16.4. The summed E-state index contributed by atoms with van der Waals surface area (Å²) < 4.78 is 39.0. The van der Waals surface area contributed by atoms with E-state index in [0.717, 1.165) is 25.7 Å². The van der Waals surface area contributed by atoms with Gasteiger partial charge in [-0.3, -0.25) is 14.6 Å². The van der Waals surface area contributed by atoms with Gasteiger partial charge < -0.3 is 25.4 Å². The molecule has 14 heteroatoms. The number of amides is 2. The maximum atomic E-state index is 13.7. The van der Waals surface area contributed by atoms with E-state index < -0.39 is 21.7 Å². The van der Waals surface area contributed by atoms with Gasteiger partial charge in [-0.15, -0.1) is 0 Å². The van der Waals surface area contributed by atoms with E-state index in [-0.39, 0.29) is 47.5 Å². The Morgan fingerprint density at radius 2 is 1.84 bits per heavy atom. The molecule has 1 aliphatic carbocycles. The lowest BCUT2D eigenvalue weighted by Gasteiger charge is -2.38. The summed E-state index contributed by atoms with van der Waals surface area (Å²) >= 11 is 0. The van der Waals surface area contributed by atoms with Gasteiger partial charge in [-0.2, -0.15) is 4.31 Å². The van der Waals surface area contributed by atoms with Crippen molar-refractivity contribution < 1.29 is 32.3 Å². The number of esters is 1. The number of hydrogen-bond donors (Lipinski definition) is 2. The lowest BCUT2D eigenvalue weighted by molar-refractivity contribution is -0.155. The fraction of sp³-hybridized carbons (Fsp3) is 0.541. The Hall–Kier alpha value is -4.30. The zero-order chi connectivity index (χ0) is 36.8. The molecule has 1 saturated carbocycles. The first-order valence-corrected chi connectivity index (χ1v) is 19.2. The molecule has 3 aliphatic rings. The van der Waals surface area contributed by atoms with Crippen LogP contribution in [-0.4, -0.2) is 90.8 Å². The highest BCUT2D eigenvalue weighted by atomic mass is 32.2. The number of benzene rings is 1. The summed E-state index contributed by atoms with van der Waals surface area (Å²) in [7, 11) is -3.78. The minimum Gasteiger partial charge on any atom is -0.460 e. The van der Waals surface area contributed by atoms with Crippen molar-refractivity contribution in [3.8, 4) is 11.1 Å². The van der Waals surface area contributed by atoms with Crippen molar-refractivity contribution in [2.45, 2.75) is 95.7 Å². The molecule has 2 aliphatic heterocycles. The van der Waals surface area contributed by atoms with Gasteiger partial charge in [0.05, 0.1) is 5.69 Å². The second kappa shape index (κ2) is 16.4. The van der Waals surface area contributed by atoms with Gasteiger partial charge >= 0.3 is 12.1 Å². The Balaban J connectivity index is 1.22. The van der Waals surface area contributed by atoms with Gasteiger partial charge in [-0.05, 0) is 89.0 Å². The van der Waals surface area contributed by atoms with Crippen LogP contribution in [0.1, 0.15) is 84.6 Å². The molecule has 276 valence electrons.